The van der Waals surface area contributed by atoms with Crippen molar-refractivity contribution in [2.24, 2.45) is 5.41 Å². The molecule has 0 radical (unpaired) electrons. The van der Waals surface area contributed by atoms with Gasteiger partial charge in [0.15, 0.2) is 9.84 Å². The first-order valence-corrected chi connectivity index (χ1v) is 8.56. The van der Waals surface area contributed by atoms with Gasteiger partial charge in [0, 0.05) is 10.9 Å². The topological polar surface area (TPSA) is 67.2 Å². The third-order valence-corrected chi connectivity index (χ3v) is 5.64. The normalized spacial score (nSPS) is 24.8. The van der Waals surface area contributed by atoms with E-state index in [1.807, 2.05) is 24.3 Å². The van der Waals surface area contributed by atoms with E-state index < -0.39 is 15.3 Å². The van der Waals surface area contributed by atoms with E-state index in [0.717, 1.165) is 10.2 Å². The van der Waals surface area contributed by atoms with Gasteiger partial charge in [0.2, 0.25) is 0 Å². The molecule has 0 saturated carbocycles. The third kappa shape index (κ3) is 3.71. The first-order chi connectivity index (χ1) is 8.95. The molecule has 1 saturated heterocycles. The van der Waals surface area contributed by atoms with Crippen molar-refractivity contribution in [3.63, 3.8) is 0 Å². The molecular formula is C13H14BrNO3S. The largest absolute Gasteiger partial charge is 0.494 e. The minimum atomic E-state index is -3.05. The molecule has 4 nitrogen and oxygen atoms in total. The zero-order chi connectivity index (χ0) is 13.9. The standard InChI is InChI=1S/C13H14BrNO3S/c14-11-1-3-12(4-2-11)18-7-5-13(9-15)6-8-19(16,17)10-13/h1-4H,5-8,10H2. The molecule has 1 aliphatic heterocycles. The minimum Gasteiger partial charge on any atom is -0.494 e. The van der Waals surface area contributed by atoms with Gasteiger partial charge in [-0.1, -0.05) is 15.9 Å². The summed E-state index contributed by atoms with van der Waals surface area (Å²) in [5.41, 5.74) is -0.770. The number of rotatable bonds is 4. The Hall–Kier alpha value is -1.06. The van der Waals surface area contributed by atoms with Gasteiger partial charge >= 0.3 is 0 Å². The van der Waals surface area contributed by atoms with Crippen LogP contribution in [0.5, 0.6) is 5.75 Å². The lowest BCUT2D eigenvalue weighted by Crippen LogP contribution is -2.23. The molecule has 0 aliphatic carbocycles. The van der Waals surface area contributed by atoms with Crippen LogP contribution in [-0.4, -0.2) is 26.5 Å². The number of hydrogen-bond acceptors (Lipinski definition) is 4. The second-order valence-corrected chi connectivity index (χ2v) is 7.89. The highest BCUT2D eigenvalue weighted by molar-refractivity contribution is 9.10. The van der Waals surface area contributed by atoms with Crippen molar-refractivity contribution in [3.05, 3.63) is 28.7 Å². The Bertz CT molecular complexity index is 591. The van der Waals surface area contributed by atoms with Crippen molar-refractivity contribution >= 4 is 25.8 Å². The van der Waals surface area contributed by atoms with Crippen molar-refractivity contribution < 1.29 is 13.2 Å². The first kappa shape index (κ1) is 14.4. The summed E-state index contributed by atoms with van der Waals surface area (Å²) in [4.78, 5) is 0. The predicted octanol–water partition coefficient (Wildman–Crippen LogP) is 2.55. The lowest BCUT2D eigenvalue weighted by Gasteiger charge is -2.18. The second-order valence-electron chi connectivity index (χ2n) is 4.79. The molecule has 0 spiro atoms. The SMILES string of the molecule is N#CC1(CCOc2ccc(Br)cc2)CCS(=O)(=O)C1. The van der Waals surface area contributed by atoms with Gasteiger partial charge in [-0.15, -0.1) is 0 Å². The van der Waals surface area contributed by atoms with Gasteiger partial charge in [-0.25, -0.2) is 8.42 Å². The number of sulfone groups is 1. The molecular weight excluding hydrogens is 330 g/mol. The first-order valence-electron chi connectivity index (χ1n) is 5.95. The van der Waals surface area contributed by atoms with E-state index in [0.29, 0.717) is 19.4 Å². The van der Waals surface area contributed by atoms with E-state index in [4.69, 9.17) is 4.74 Å². The van der Waals surface area contributed by atoms with Crippen molar-refractivity contribution in [1.82, 2.24) is 0 Å². The smallest absolute Gasteiger partial charge is 0.151 e. The maximum Gasteiger partial charge on any atom is 0.151 e. The Morgan fingerprint density at radius 1 is 1.37 bits per heavy atom. The zero-order valence-corrected chi connectivity index (χ0v) is 12.7. The molecule has 1 aromatic rings. The Balaban J connectivity index is 1.92. The fourth-order valence-corrected chi connectivity index (χ4v) is 4.46. The number of nitriles is 1. The van der Waals surface area contributed by atoms with Crippen LogP contribution in [0, 0.1) is 16.7 Å². The Morgan fingerprint density at radius 2 is 2.05 bits per heavy atom. The van der Waals surface area contributed by atoms with Gasteiger partial charge in [-0.05, 0) is 30.7 Å². The molecule has 1 unspecified atom stereocenters. The Morgan fingerprint density at radius 3 is 2.58 bits per heavy atom. The highest BCUT2D eigenvalue weighted by Crippen LogP contribution is 2.35. The summed E-state index contributed by atoms with van der Waals surface area (Å²) in [6.07, 6.45) is 0.855. The van der Waals surface area contributed by atoms with Crippen molar-refractivity contribution in [2.75, 3.05) is 18.1 Å². The summed E-state index contributed by atoms with van der Waals surface area (Å²) in [5, 5.41) is 9.21. The third-order valence-electron chi connectivity index (χ3n) is 3.29. The Kier molecular flexibility index (Phi) is 4.16. The van der Waals surface area contributed by atoms with Crippen LogP contribution in [0.25, 0.3) is 0 Å². The van der Waals surface area contributed by atoms with Gasteiger partial charge < -0.3 is 4.74 Å². The van der Waals surface area contributed by atoms with E-state index in [1.165, 1.54) is 0 Å². The summed E-state index contributed by atoms with van der Waals surface area (Å²) in [6, 6.07) is 9.56. The molecule has 0 amide bonds. The monoisotopic (exact) mass is 343 g/mol. The zero-order valence-electron chi connectivity index (χ0n) is 10.3. The fourth-order valence-electron chi connectivity index (χ4n) is 2.15. The van der Waals surface area contributed by atoms with Gasteiger partial charge in [0.05, 0.1) is 29.6 Å². The van der Waals surface area contributed by atoms with E-state index >= 15 is 0 Å². The van der Waals surface area contributed by atoms with Crippen molar-refractivity contribution in [3.8, 4) is 11.8 Å². The molecule has 0 aromatic heterocycles. The van der Waals surface area contributed by atoms with Crippen LogP contribution in [0.1, 0.15) is 12.8 Å². The fraction of sp³-hybridized carbons (Fsp3) is 0.462. The van der Waals surface area contributed by atoms with E-state index in [2.05, 4.69) is 22.0 Å². The number of ether oxygens (including phenoxy) is 1. The van der Waals surface area contributed by atoms with E-state index in [1.54, 1.807) is 0 Å². The number of nitrogens with zero attached hydrogens (tertiary/aromatic N) is 1. The second kappa shape index (κ2) is 5.51. The molecule has 1 heterocycles. The van der Waals surface area contributed by atoms with Gasteiger partial charge in [0.25, 0.3) is 0 Å². The lowest BCUT2D eigenvalue weighted by atomic mass is 9.86. The van der Waals surface area contributed by atoms with Crippen LogP contribution in [0.15, 0.2) is 28.7 Å². The van der Waals surface area contributed by atoms with Crippen LogP contribution in [0.2, 0.25) is 0 Å². The maximum atomic E-state index is 11.5. The molecule has 0 bridgehead atoms. The average Bonchev–Trinajstić information content (AvgIpc) is 2.68. The molecule has 0 N–H and O–H groups in total. The molecule has 1 aromatic carbocycles. The summed E-state index contributed by atoms with van der Waals surface area (Å²) in [5.74, 6) is 0.788. The molecule has 19 heavy (non-hydrogen) atoms. The van der Waals surface area contributed by atoms with E-state index in [-0.39, 0.29) is 11.5 Å². The Labute approximate surface area is 121 Å². The lowest BCUT2D eigenvalue weighted by molar-refractivity contribution is 0.257. The molecule has 1 aliphatic rings. The maximum absolute atomic E-state index is 11.5. The molecule has 1 atom stereocenters. The summed E-state index contributed by atoms with van der Waals surface area (Å²) in [6.45, 7) is 0.352. The number of halogens is 1. The molecule has 2 rings (SSSR count). The summed E-state index contributed by atoms with van der Waals surface area (Å²) in [7, 11) is -3.05. The molecule has 1 fully saturated rings. The highest BCUT2D eigenvalue weighted by atomic mass is 79.9. The van der Waals surface area contributed by atoms with Crippen molar-refractivity contribution in [1.29, 1.82) is 5.26 Å². The summed E-state index contributed by atoms with van der Waals surface area (Å²) >= 11 is 3.33. The molecule has 6 heteroatoms. The number of benzene rings is 1. The molecule has 102 valence electrons. The highest BCUT2D eigenvalue weighted by Gasteiger charge is 2.42. The minimum absolute atomic E-state index is 0.0415. The van der Waals surface area contributed by atoms with Crippen LogP contribution >= 0.6 is 15.9 Å². The van der Waals surface area contributed by atoms with Gasteiger partial charge in [-0.3, -0.25) is 0 Å². The van der Waals surface area contributed by atoms with Crippen LogP contribution in [0.3, 0.4) is 0 Å². The average molecular weight is 344 g/mol. The predicted molar refractivity (Wildman–Crippen MR) is 75.6 cm³/mol. The quantitative estimate of drug-likeness (QED) is 0.842. The van der Waals surface area contributed by atoms with Crippen molar-refractivity contribution in [2.45, 2.75) is 12.8 Å². The van der Waals surface area contributed by atoms with E-state index in [9.17, 15) is 13.7 Å². The van der Waals surface area contributed by atoms with Gasteiger partial charge in [-0.2, -0.15) is 5.26 Å². The van der Waals surface area contributed by atoms with Crippen LogP contribution in [0.4, 0.5) is 0 Å². The van der Waals surface area contributed by atoms with Crippen LogP contribution < -0.4 is 4.74 Å². The number of hydrogen-bond donors (Lipinski definition) is 0. The summed E-state index contributed by atoms with van der Waals surface area (Å²) < 4.78 is 29.5. The van der Waals surface area contributed by atoms with Crippen LogP contribution in [-0.2, 0) is 9.84 Å². The van der Waals surface area contributed by atoms with Gasteiger partial charge in [0.1, 0.15) is 5.75 Å².